The Bertz CT molecular complexity index is 1580. The van der Waals surface area contributed by atoms with Crippen LogP contribution in [-0.2, 0) is 16.4 Å². The molecule has 0 aliphatic rings. The molecule has 4 aromatic rings. The highest BCUT2D eigenvalue weighted by Gasteiger charge is 2.39. The molecule has 1 atom stereocenters. The molecule has 36 heavy (non-hydrogen) atoms. The molecule has 0 saturated carbocycles. The minimum Gasteiger partial charge on any atom is -0.303 e. The highest BCUT2D eigenvalue weighted by molar-refractivity contribution is 7.89. The van der Waals surface area contributed by atoms with Crippen LogP contribution in [0.1, 0.15) is 25.0 Å². The normalized spacial score (nSPS) is 13.0. The van der Waals surface area contributed by atoms with Crippen LogP contribution >= 0.6 is 0 Å². The Morgan fingerprint density at radius 3 is 2.42 bits per heavy atom. The van der Waals surface area contributed by atoms with E-state index in [1.165, 1.54) is 30.9 Å². The molecule has 0 radical (unpaired) electrons. The topological polar surface area (TPSA) is 114 Å². The zero-order chi connectivity index (χ0) is 26.3. The highest BCUT2D eigenvalue weighted by Crippen LogP contribution is 2.36. The second-order valence-electron chi connectivity index (χ2n) is 7.85. The van der Waals surface area contributed by atoms with Gasteiger partial charge in [0.25, 0.3) is 0 Å². The van der Waals surface area contributed by atoms with Crippen molar-refractivity contribution in [1.29, 1.82) is 5.26 Å². The third-order valence-electron chi connectivity index (χ3n) is 5.55. The van der Waals surface area contributed by atoms with Crippen molar-refractivity contribution in [3.8, 4) is 23.1 Å². The molecule has 4 rings (SSSR count). The number of aryl methyl sites for hydroxylation is 1. The van der Waals surface area contributed by atoms with Crippen LogP contribution < -0.4 is 4.72 Å². The van der Waals surface area contributed by atoms with Crippen LogP contribution in [0.15, 0.2) is 54.1 Å². The second-order valence-corrected chi connectivity index (χ2v) is 9.56. The maximum absolute atomic E-state index is 14.6. The number of nitrogens with zero attached hydrogens (tertiary/aromatic N) is 5. The average Bonchev–Trinajstić information content (AvgIpc) is 3.16. The van der Waals surface area contributed by atoms with Gasteiger partial charge in [0.1, 0.15) is 29.2 Å². The van der Waals surface area contributed by atoms with Crippen molar-refractivity contribution < 1.29 is 26.0 Å². The van der Waals surface area contributed by atoms with Crippen molar-refractivity contribution >= 4 is 20.9 Å². The lowest BCUT2D eigenvalue weighted by Gasteiger charge is -2.17. The lowest BCUT2D eigenvalue weighted by molar-refractivity contribution is -0.147. The number of nitrogens with one attached hydrogen (secondary N) is 1. The summed E-state index contributed by atoms with van der Waals surface area (Å²) in [5.41, 5.74) is 1.75. The number of benzene rings is 1. The molecule has 0 amide bonds. The molecule has 3 heterocycles. The number of aromatic nitrogens is 4. The number of hydrogen-bond acceptors (Lipinski definition) is 6. The van der Waals surface area contributed by atoms with E-state index >= 15 is 0 Å². The quantitative estimate of drug-likeness (QED) is 0.381. The molecule has 0 aliphatic heterocycles. The van der Waals surface area contributed by atoms with Gasteiger partial charge in [-0.25, -0.2) is 22.8 Å². The van der Waals surface area contributed by atoms with Gasteiger partial charge in [0.2, 0.25) is 10.0 Å². The maximum Gasteiger partial charge on any atom is 0.404 e. The Balaban J connectivity index is 1.91. The summed E-state index contributed by atoms with van der Waals surface area (Å²) >= 11 is 0. The Morgan fingerprint density at radius 1 is 1.17 bits per heavy atom. The van der Waals surface area contributed by atoms with Crippen molar-refractivity contribution in [2.45, 2.75) is 37.4 Å². The summed E-state index contributed by atoms with van der Waals surface area (Å²) in [6, 6.07) is 4.94. The first-order valence-electron chi connectivity index (χ1n) is 10.6. The third kappa shape index (κ3) is 4.52. The standard InChI is InChI=1S/C23H18F4N6O2S/c1-3-14-6-21-17(7-19(14)24)18(8-28)22(33(21)15-9-29-12-30-10-15)20-5-4-16(11-31-20)36(34,35)32-13(2)23(25,26)27/h4-7,9-13,32H,3H2,1-2H3. The van der Waals surface area contributed by atoms with E-state index in [4.69, 9.17) is 0 Å². The zero-order valence-corrected chi connectivity index (χ0v) is 19.7. The van der Waals surface area contributed by atoms with Gasteiger partial charge in [-0.1, -0.05) is 6.92 Å². The Kier molecular flexibility index (Phi) is 6.50. The highest BCUT2D eigenvalue weighted by atomic mass is 32.2. The van der Waals surface area contributed by atoms with Gasteiger partial charge < -0.3 is 4.57 Å². The Labute approximate surface area is 203 Å². The van der Waals surface area contributed by atoms with Crippen LogP contribution in [-0.4, -0.2) is 40.2 Å². The minimum atomic E-state index is -4.77. The number of halogens is 4. The Hall–Kier alpha value is -3.89. The smallest absolute Gasteiger partial charge is 0.303 e. The van der Waals surface area contributed by atoms with Gasteiger partial charge in [0, 0.05) is 11.6 Å². The van der Waals surface area contributed by atoms with Crippen LogP contribution in [0.25, 0.3) is 28.0 Å². The first-order valence-corrected chi connectivity index (χ1v) is 12.0. The number of nitriles is 1. The fourth-order valence-corrected chi connectivity index (χ4v) is 4.87. The zero-order valence-electron chi connectivity index (χ0n) is 18.9. The van der Waals surface area contributed by atoms with Crippen molar-refractivity contribution in [3.05, 3.63) is 66.1 Å². The molecule has 0 fully saturated rings. The Morgan fingerprint density at radius 2 is 1.86 bits per heavy atom. The van der Waals surface area contributed by atoms with Gasteiger partial charge in [0.05, 0.1) is 40.5 Å². The van der Waals surface area contributed by atoms with E-state index < -0.39 is 33.0 Å². The van der Waals surface area contributed by atoms with Crippen molar-refractivity contribution in [2.24, 2.45) is 0 Å². The van der Waals surface area contributed by atoms with Gasteiger partial charge >= 0.3 is 6.18 Å². The van der Waals surface area contributed by atoms with Crippen molar-refractivity contribution in [2.75, 3.05) is 0 Å². The van der Waals surface area contributed by atoms with E-state index in [-0.39, 0.29) is 17.0 Å². The van der Waals surface area contributed by atoms with E-state index in [1.54, 1.807) is 22.3 Å². The fraction of sp³-hybridized carbons (Fsp3) is 0.217. The van der Waals surface area contributed by atoms with E-state index in [0.29, 0.717) is 35.5 Å². The van der Waals surface area contributed by atoms with Crippen molar-refractivity contribution in [1.82, 2.24) is 24.2 Å². The predicted octanol–water partition coefficient (Wildman–Crippen LogP) is 4.28. The molecule has 3 aromatic heterocycles. The molecule has 0 bridgehead atoms. The molecule has 186 valence electrons. The van der Waals surface area contributed by atoms with E-state index in [9.17, 15) is 31.2 Å². The van der Waals surface area contributed by atoms with Crippen LogP contribution in [0.2, 0.25) is 0 Å². The summed E-state index contributed by atoms with van der Waals surface area (Å²) in [5.74, 6) is -0.492. The molecule has 8 nitrogen and oxygen atoms in total. The number of hydrogen-bond donors (Lipinski definition) is 1. The van der Waals surface area contributed by atoms with Gasteiger partial charge in [-0.2, -0.15) is 23.2 Å². The molecular formula is C23H18F4N6O2S. The number of pyridine rings is 1. The summed E-state index contributed by atoms with van der Waals surface area (Å²) in [6.45, 7) is 2.46. The van der Waals surface area contributed by atoms with Crippen LogP contribution in [0, 0.1) is 17.1 Å². The fourth-order valence-electron chi connectivity index (χ4n) is 3.70. The number of sulfonamides is 1. The second kappa shape index (κ2) is 9.29. The van der Waals surface area contributed by atoms with Gasteiger partial charge in [-0.3, -0.25) is 4.98 Å². The molecule has 1 aromatic carbocycles. The van der Waals surface area contributed by atoms with E-state index in [0.717, 1.165) is 12.3 Å². The molecule has 13 heteroatoms. The molecule has 1 unspecified atom stereocenters. The van der Waals surface area contributed by atoms with Crippen LogP contribution in [0.3, 0.4) is 0 Å². The SMILES string of the molecule is CCc1cc2c(cc1F)c(C#N)c(-c1ccc(S(=O)(=O)NC(C)C(F)(F)F)cn1)n2-c1cncnc1. The minimum absolute atomic E-state index is 0.0716. The summed E-state index contributed by atoms with van der Waals surface area (Å²) in [6.07, 6.45) is 0.783. The third-order valence-corrected chi connectivity index (χ3v) is 7.07. The van der Waals surface area contributed by atoms with Crippen LogP contribution in [0.4, 0.5) is 17.6 Å². The van der Waals surface area contributed by atoms with Gasteiger partial charge in [-0.15, -0.1) is 0 Å². The van der Waals surface area contributed by atoms with Crippen LogP contribution in [0.5, 0.6) is 0 Å². The molecular weight excluding hydrogens is 500 g/mol. The number of rotatable bonds is 6. The maximum atomic E-state index is 14.6. The monoisotopic (exact) mass is 518 g/mol. The van der Waals surface area contributed by atoms with Crippen molar-refractivity contribution in [3.63, 3.8) is 0 Å². The summed E-state index contributed by atoms with van der Waals surface area (Å²) in [7, 11) is -4.53. The van der Waals surface area contributed by atoms with Gasteiger partial charge in [0.15, 0.2) is 0 Å². The van der Waals surface area contributed by atoms with Gasteiger partial charge in [-0.05, 0) is 43.2 Å². The largest absolute Gasteiger partial charge is 0.404 e. The molecule has 0 aliphatic carbocycles. The summed E-state index contributed by atoms with van der Waals surface area (Å²) in [4.78, 5) is 11.6. The lowest BCUT2D eigenvalue weighted by Crippen LogP contribution is -2.42. The average molecular weight is 518 g/mol. The van der Waals surface area contributed by atoms with E-state index in [1.807, 2.05) is 0 Å². The van der Waals surface area contributed by atoms with E-state index in [2.05, 4.69) is 21.0 Å². The summed E-state index contributed by atoms with van der Waals surface area (Å²) in [5, 5.41) is 10.3. The molecule has 0 saturated heterocycles. The lowest BCUT2D eigenvalue weighted by atomic mass is 10.1. The number of fused-ring (bicyclic) bond motifs is 1. The summed E-state index contributed by atoms with van der Waals surface area (Å²) < 4.78 is 81.2. The first-order chi connectivity index (χ1) is 17.0. The molecule has 0 spiro atoms. The molecule has 1 N–H and O–H groups in total. The first kappa shape index (κ1) is 25.2. The predicted molar refractivity (Wildman–Crippen MR) is 122 cm³/mol. The number of alkyl halides is 3.